The third-order valence-electron chi connectivity index (χ3n) is 5.33. The van der Waals surface area contributed by atoms with E-state index in [9.17, 15) is 9.18 Å². The highest BCUT2D eigenvalue weighted by Crippen LogP contribution is 2.32. The first kappa shape index (κ1) is 21.6. The zero-order valence-electron chi connectivity index (χ0n) is 17.9. The van der Waals surface area contributed by atoms with Gasteiger partial charge >= 0.3 is 0 Å². The number of likely N-dealkylation sites (tertiary alicyclic amines) is 1. The fourth-order valence-electron chi connectivity index (χ4n) is 3.74. The molecular weight excluding hydrogens is 417 g/mol. The molecule has 1 saturated heterocycles. The first-order chi connectivity index (χ1) is 15.6. The predicted octanol–water partition coefficient (Wildman–Crippen LogP) is 3.71. The molecule has 2 aromatic carbocycles. The van der Waals surface area contributed by atoms with Crippen LogP contribution < -0.4 is 14.2 Å². The summed E-state index contributed by atoms with van der Waals surface area (Å²) in [6.45, 7) is 0.692. The minimum Gasteiger partial charge on any atom is -0.493 e. The second kappa shape index (κ2) is 9.67. The van der Waals surface area contributed by atoms with Crippen molar-refractivity contribution in [1.29, 1.82) is 0 Å². The van der Waals surface area contributed by atoms with Crippen molar-refractivity contribution in [3.05, 3.63) is 65.6 Å². The monoisotopic (exact) mass is 441 g/mol. The standard InChI is InChI=1S/C23H24FN3O5/c1-29-19-10-5-15(12-20(19)30-2)13-22(28)27-11-3-4-18(27)23-25-21(32-26-23)14-31-17-8-6-16(24)7-9-17/h5-10,12,18H,3-4,11,13-14H2,1-2H3. The number of methoxy groups -OCH3 is 2. The summed E-state index contributed by atoms with van der Waals surface area (Å²) >= 11 is 0. The molecule has 0 N–H and O–H groups in total. The van der Waals surface area contributed by atoms with Gasteiger partial charge in [-0.25, -0.2) is 4.39 Å². The second-order valence-electron chi connectivity index (χ2n) is 7.40. The Labute approximate surface area is 184 Å². The Kier molecular flexibility index (Phi) is 6.53. The molecule has 1 aromatic heterocycles. The SMILES string of the molecule is COc1ccc(CC(=O)N2CCCC2c2noc(COc3ccc(F)cc3)n2)cc1OC. The van der Waals surface area contributed by atoms with E-state index in [4.69, 9.17) is 18.7 Å². The Bertz CT molecular complexity index is 1070. The van der Waals surface area contributed by atoms with Crippen LogP contribution in [0.2, 0.25) is 0 Å². The molecule has 0 spiro atoms. The molecule has 2 heterocycles. The predicted molar refractivity (Wildman–Crippen MR) is 112 cm³/mol. The van der Waals surface area contributed by atoms with Crippen molar-refractivity contribution in [2.45, 2.75) is 31.9 Å². The van der Waals surface area contributed by atoms with E-state index in [-0.39, 0.29) is 30.8 Å². The number of amides is 1. The number of carbonyl (C=O) groups excluding carboxylic acids is 1. The molecule has 9 heteroatoms. The van der Waals surface area contributed by atoms with E-state index in [0.717, 1.165) is 18.4 Å². The van der Waals surface area contributed by atoms with Gasteiger partial charge in [-0.3, -0.25) is 4.79 Å². The van der Waals surface area contributed by atoms with E-state index >= 15 is 0 Å². The quantitative estimate of drug-likeness (QED) is 0.527. The molecule has 1 unspecified atom stereocenters. The number of carbonyl (C=O) groups is 1. The molecule has 1 atom stereocenters. The Morgan fingerprint density at radius 3 is 2.69 bits per heavy atom. The van der Waals surface area contributed by atoms with Crippen molar-refractivity contribution >= 4 is 5.91 Å². The summed E-state index contributed by atoms with van der Waals surface area (Å²) < 4.78 is 34.4. The van der Waals surface area contributed by atoms with Crippen molar-refractivity contribution in [1.82, 2.24) is 15.0 Å². The van der Waals surface area contributed by atoms with Crippen molar-refractivity contribution < 1.29 is 27.9 Å². The van der Waals surface area contributed by atoms with E-state index < -0.39 is 0 Å². The molecule has 0 radical (unpaired) electrons. The van der Waals surface area contributed by atoms with Crippen LogP contribution in [-0.2, 0) is 17.8 Å². The van der Waals surface area contributed by atoms with E-state index in [1.807, 2.05) is 6.07 Å². The van der Waals surface area contributed by atoms with Crippen molar-refractivity contribution in [2.24, 2.45) is 0 Å². The molecule has 3 aromatic rings. The van der Waals surface area contributed by atoms with Crippen LogP contribution in [0.25, 0.3) is 0 Å². The molecule has 0 saturated carbocycles. The Balaban J connectivity index is 1.40. The number of hydrogen-bond acceptors (Lipinski definition) is 7. The maximum absolute atomic E-state index is 13.0. The lowest BCUT2D eigenvalue weighted by molar-refractivity contribution is -0.131. The van der Waals surface area contributed by atoms with Gasteiger partial charge in [-0.2, -0.15) is 4.98 Å². The zero-order chi connectivity index (χ0) is 22.5. The number of halogens is 1. The number of aromatic nitrogens is 2. The molecular formula is C23H24FN3O5. The van der Waals surface area contributed by atoms with Gasteiger partial charge in [0.05, 0.1) is 26.7 Å². The largest absolute Gasteiger partial charge is 0.493 e. The maximum Gasteiger partial charge on any atom is 0.264 e. The number of rotatable bonds is 8. The molecule has 4 rings (SSSR count). The van der Waals surface area contributed by atoms with Crippen LogP contribution >= 0.6 is 0 Å². The number of hydrogen-bond donors (Lipinski definition) is 0. The van der Waals surface area contributed by atoms with Gasteiger partial charge in [0.25, 0.3) is 5.89 Å². The van der Waals surface area contributed by atoms with Crippen LogP contribution in [0.15, 0.2) is 47.0 Å². The van der Waals surface area contributed by atoms with Gasteiger partial charge in [-0.1, -0.05) is 11.2 Å². The molecule has 0 bridgehead atoms. The van der Waals surface area contributed by atoms with Gasteiger partial charge in [0.15, 0.2) is 23.9 Å². The Morgan fingerprint density at radius 2 is 1.94 bits per heavy atom. The third kappa shape index (κ3) is 4.82. The number of ether oxygens (including phenoxy) is 3. The highest BCUT2D eigenvalue weighted by molar-refractivity contribution is 5.79. The summed E-state index contributed by atoms with van der Waals surface area (Å²) in [5.41, 5.74) is 0.833. The average molecular weight is 441 g/mol. The molecule has 1 aliphatic rings. The summed E-state index contributed by atoms with van der Waals surface area (Å²) in [4.78, 5) is 19.2. The van der Waals surface area contributed by atoms with Crippen LogP contribution in [-0.4, -0.2) is 41.7 Å². The molecule has 1 aliphatic heterocycles. The van der Waals surface area contributed by atoms with Gasteiger partial charge in [-0.05, 0) is 54.8 Å². The maximum atomic E-state index is 13.0. The summed E-state index contributed by atoms with van der Waals surface area (Å²) in [7, 11) is 3.13. The molecule has 32 heavy (non-hydrogen) atoms. The summed E-state index contributed by atoms with van der Waals surface area (Å²) in [6, 6.07) is 10.9. The summed E-state index contributed by atoms with van der Waals surface area (Å²) in [5, 5.41) is 4.06. The molecule has 1 fully saturated rings. The lowest BCUT2D eigenvalue weighted by Crippen LogP contribution is -2.32. The average Bonchev–Trinajstić information content (AvgIpc) is 3.48. The first-order valence-electron chi connectivity index (χ1n) is 10.3. The van der Waals surface area contributed by atoms with Crippen molar-refractivity contribution in [3.8, 4) is 17.2 Å². The Hall–Kier alpha value is -3.62. The van der Waals surface area contributed by atoms with E-state index in [1.165, 1.54) is 24.3 Å². The van der Waals surface area contributed by atoms with Crippen LogP contribution in [0.1, 0.15) is 36.2 Å². The molecule has 1 amide bonds. The molecule has 0 aliphatic carbocycles. The van der Waals surface area contributed by atoms with E-state index in [1.54, 1.807) is 31.3 Å². The van der Waals surface area contributed by atoms with Crippen molar-refractivity contribution in [3.63, 3.8) is 0 Å². The van der Waals surface area contributed by atoms with Gasteiger partial charge in [-0.15, -0.1) is 0 Å². The smallest absolute Gasteiger partial charge is 0.264 e. The fraction of sp³-hybridized carbons (Fsp3) is 0.348. The summed E-state index contributed by atoms with van der Waals surface area (Å²) in [6.07, 6.45) is 1.85. The van der Waals surface area contributed by atoms with Crippen LogP contribution in [0.5, 0.6) is 17.2 Å². The minimum atomic E-state index is -0.337. The highest BCUT2D eigenvalue weighted by Gasteiger charge is 2.33. The highest BCUT2D eigenvalue weighted by atomic mass is 19.1. The lowest BCUT2D eigenvalue weighted by atomic mass is 10.1. The zero-order valence-corrected chi connectivity index (χ0v) is 17.9. The third-order valence-corrected chi connectivity index (χ3v) is 5.33. The van der Waals surface area contributed by atoms with Crippen molar-refractivity contribution in [2.75, 3.05) is 20.8 Å². The van der Waals surface area contributed by atoms with Gasteiger partial charge in [0, 0.05) is 6.54 Å². The normalized spacial score (nSPS) is 15.6. The first-order valence-corrected chi connectivity index (χ1v) is 10.3. The van der Waals surface area contributed by atoms with Gasteiger partial charge in [0.1, 0.15) is 11.6 Å². The number of nitrogens with zero attached hydrogens (tertiary/aromatic N) is 3. The Morgan fingerprint density at radius 1 is 1.16 bits per heavy atom. The van der Waals surface area contributed by atoms with Gasteiger partial charge < -0.3 is 23.6 Å². The van der Waals surface area contributed by atoms with Crippen LogP contribution in [0, 0.1) is 5.82 Å². The topological polar surface area (TPSA) is 86.9 Å². The number of benzene rings is 2. The molecule has 168 valence electrons. The second-order valence-corrected chi connectivity index (χ2v) is 7.40. The molecule has 8 nitrogen and oxygen atoms in total. The van der Waals surface area contributed by atoms with E-state index in [2.05, 4.69) is 10.1 Å². The lowest BCUT2D eigenvalue weighted by Gasteiger charge is -2.22. The van der Waals surface area contributed by atoms with E-state index in [0.29, 0.717) is 35.5 Å². The van der Waals surface area contributed by atoms with Gasteiger partial charge in [0.2, 0.25) is 5.91 Å². The van der Waals surface area contributed by atoms with Crippen LogP contribution in [0.4, 0.5) is 4.39 Å². The van der Waals surface area contributed by atoms with Crippen LogP contribution in [0.3, 0.4) is 0 Å². The minimum absolute atomic E-state index is 0.0198. The fourth-order valence-corrected chi connectivity index (χ4v) is 3.74. The summed E-state index contributed by atoms with van der Waals surface area (Å²) in [5.74, 6) is 2.10.